The summed E-state index contributed by atoms with van der Waals surface area (Å²) in [7, 11) is 0. The van der Waals surface area contributed by atoms with E-state index in [1.54, 1.807) is 0 Å². The molecule has 158 valence electrons. The van der Waals surface area contributed by atoms with Gasteiger partial charge in [-0.1, -0.05) is 82.0 Å². The summed E-state index contributed by atoms with van der Waals surface area (Å²) in [6, 6.07) is 8.79. The van der Waals surface area contributed by atoms with E-state index in [9.17, 15) is 0 Å². The zero-order chi connectivity index (χ0) is 20.4. The van der Waals surface area contributed by atoms with E-state index in [-0.39, 0.29) is 11.3 Å². The normalized spacial score (nSPS) is 35.9. The predicted molar refractivity (Wildman–Crippen MR) is 122 cm³/mol. The maximum Gasteiger partial charge on any atom is 0.145 e. The third-order valence-electron chi connectivity index (χ3n) is 8.61. The minimum absolute atomic E-state index is 0.145. The SMILES string of the molecule is CCCCCC12CCC(C3(F)C=CC=CC3c3ccc(CCC)cc3)(CC1)CC2. The fourth-order valence-corrected chi connectivity index (χ4v) is 6.62. The van der Waals surface area contributed by atoms with Crippen molar-refractivity contribution < 1.29 is 4.39 Å². The molecule has 29 heavy (non-hydrogen) atoms. The first kappa shape index (κ1) is 20.9. The molecular formula is C28H39F. The molecule has 0 nitrogen and oxygen atoms in total. The first-order chi connectivity index (χ1) is 14.1. The molecule has 0 spiro atoms. The minimum Gasteiger partial charge on any atom is -0.238 e. The number of aryl methyl sites for hydroxylation is 1. The first-order valence-corrected chi connectivity index (χ1v) is 12.2. The molecule has 0 N–H and O–H groups in total. The van der Waals surface area contributed by atoms with Crippen molar-refractivity contribution in [2.24, 2.45) is 10.8 Å². The van der Waals surface area contributed by atoms with Gasteiger partial charge in [-0.3, -0.25) is 0 Å². The topological polar surface area (TPSA) is 0 Å². The molecular weight excluding hydrogens is 355 g/mol. The van der Waals surface area contributed by atoms with Crippen LogP contribution in [0, 0.1) is 10.8 Å². The molecule has 4 aliphatic carbocycles. The molecule has 2 bridgehead atoms. The Labute approximate surface area is 177 Å². The lowest BCUT2D eigenvalue weighted by atomic mass is 9.46. The van der Waals surface area contributed by atoms with E-state index < -0.39 is 5.67 Å². The molecule has 4 aliphatic rings. The maximum absolute atomic E-state index is 17.0. The van der Waals surface area contributed by atoms with Crippen molar-refractivity contribution in [2.45, 2.75) is 102 Å². The van der Waals surface area contributed by atoms with Crippen molar-refractivity contribution in [1.82, 2.24) is 0 Å². The summed E-state index contributed by atoms with van der Waals surface area (Å²) >= 11 is 0. The monoisotopic (exact) mass is 394 g/mol. The smallest absolute Gasteiger partial charge is 0.145 e. The number of benzene rings is 1. The summed E-state index contributed by atoms with van der Waals surface area (Å²) in [4.78, 5) is 0. The van der Waals surface area contributed by atoms with Crippen LogP contribution in [0.5, 0.6) is 0 Å². The van der Waals surface area contributed by atoms with E-state index >= 15 is 4.39 Å². The first-order valence-electron chi connectivity index (χ1n) is 12.2. The Bertz CT molecular complexity index is 716. The molecule has 2 unspecified atom stereocenters. The van der Waals surface area contributed by atoms with Crippen molar-refractivity contribution >= 4 is 0 Å². The Balaban J connectivity index is 1.55. The number of alkyl halides is 1. The van der Waals surface area contributed by atoms with Gasteiger partial charge in [-0.05, 0) is 74.0 Å². The van der Waals surface area contributed by atoms with E-state index in [1.165, 1.54) is 50.5 Å². The predicted octanol–water partition coefficient (Wildman–Crippen LogP) is 8.48. The van der Waals surface area contributed by atoms with Gasteiger partial charge in [-0.15, -0.1) is 0 Å². The molecule has 2 atom stereocenters. The minimum atomic E-state index is -1.25. The van der Waals surface area contributed by atoms with Crippen molar-refractivity contribution in [3.05, 3.63) is 59.7 Å². The molecule has 0 aromatic heterocycles. The second kappa shape index (κ2) is 8.40. The summed E-state index contributed by atoms with van der Waals surface area (Å²) in [6.07, 6.45) is 22.6. The molecule has 1 heteroatoms. The zero-order valence-electron chi connectivity index (χ0n) is 18.6. The lowest BCUT2D eigenvalue weighted by Gasteiger charge is -2.59. The summed E-state index contributed by atoms with van der Waals surface area (Å²) in [5.74, 6) is -0.145. The summed E-state index contributed by atoms with van der Waals surface area (Å²) in [5.41, 5.74) is 1.62. The molecule has 0 aliphatic heterocycles. The van der Waals surface area contributed by atoms with Crippen LogP contribution in [-0.2, 0) is 6.42 Å². The van der Waals surface area contributed by atoms with Gasteiger partial charge in [0.05, 0.1) is 0 Å². The highest BCUT2D eigenvalue weighted by molar-refractivity contribution is 5.40. The van der Waals surface area contributed by atoms with Crippen molar-refractivity contribution in [2.75, 3.05) is 0 Å². The second-order valence-corrected chi connectivity index (χ2v) is 10.2. The highest BCUT2D eigenvalue weighted by Crippen LogP contribution is 2.66. The fourth-order valence-electron chi connectivity index (χ4n) is 6.62. The van der Waals surface area contributed by atoms with Crippen LogP contribution in [0.25, 0.3) is 0 Å². The van der Waals surface area contributed by atoms with Gasteiger partial charge in [0.15, 0.2) is 0 Å². The number of unbranched alkanes of at least 4 members (excludes halogenated alkanes) is 2. The third-order valence-corrected chi connectivity index (χ3v) is 8.61. The molecule has 3 saturated carbocycles. The lowest BCUT2D eigenvalue weighted by molar-refractivity contribution is -0.101. The molecule has 0 saturated heterocycles. The fraction of sp³-hybridized carbons (Fsp3) is 0.643. The van der Waals surface area contributed by atoms with Gasteiger partial charge in [-0.25, -0.2) is 4.39 Å². The molecule has 5 rings (SSSR count). The van der Waals surface area contributed by atoms with E-state index in [2.05, 4.69) is 50.3 Å². The van der Waals surface area contributed by atoms with Crippen molar-refractivity contribution in [1.29, 1.82) is 0 Å². The van der Waals surface area contributed by atoms with Crippen LogP contribution in [0.2, 0.25) is 0 Å². The molecule has 0 amide bonds. The van der Waals surface area contributed by atoms with Gasteiger partial charge < -0.3 is 0 Å². The van der Waals surface area contributed by atoms with Crippen LogP contribution in [-0.4, -0.2) is 5.67 Å². The van der Waals surface area contributed by atoms with Gasteiger partial charge in [0, 0.05) is 11.3 Å². The van der Waals surface area contributed by atoms with Gasteiger partial charge in [0.2, 0.25) is 0 Å². The van der Waals surface area contributed by atoms with E-state index in [0.717, 1.165) is 37.7 Å². The lowest BCUT2D eigenvalue weighted by Crippen LogP contribution is -2.55. The number of hydrogen-bond donors (Lipinski definition) is 0. The Morgan fingerprint density at radius 1 is 0.862 bits per heavy atom. The Kier molecular flexibility index (Phi) is 6.05. The average Bonchev–Trinajstić information content (AvgIpc) is 2.76. The van der Waals surface area contributed by atoms with Crippen LogP contribution in [0.15, 0.2) is 48.6 Å². The van der Waals surface area contributed by atoms with E-state index in [1.807, 2.05) is 12.2 Å². The third kappa shape index (κ3) is 3.75. The summed E-state index contributed by atoms with van der Waals surface area (Å²) < 4.78 is 17.0. The van der Waals surface area contributed by atoms with Crippen LogP contribution in [0.1, 0.15) is 102 Å². The molecule has 1 aromatic carbocycles. The Morgan fingerprint density at radius 2 is 1.55 bits per heavy atom. The Hall–Kier alpha value is -1.37. The number of fused-ring (bicyclic) bond motifs is 3. The zero-order valence-corrected chi connectivity index (χ0v) is 18.6. The van der Waals surface area contributed by atoms with Crippen LogP contribution < -0.4 is 0 Å². The molecule has 0 heterocycles. The quantitative estimate of drug-likeness (QED) is 0.388. The van der Waals surface area contributed by atoms with Gasteiger partial charge in [0.1, 0.15) is 5.67 Å². The van der Waals surface area contributed by atoms with Gasteiger partial charge in [-0.2, -0.15) is 0 Å². The molecule has 3 fully saturated rings. The number of allylic oxidation sites excluding steroid dienone is 4. The summed E-state index contributed by atoms with van der Waals surface area (Å²) in [6.45, 7) is 4.50. The number of rotatable bonds is 8. The van der Waals surface area contributed by atoms with Crippen molar-refractivity contribution in [3.63, 3.8) is 0 Å². The maximum atomic E-state index is 17.0. The second-order valence-electron chi connectivity index (χ2n) is 10.2. The van der Waals surface area contributed by atoms with Gasteiger partial charge in [0.25, 0.3) is 0 Å². The number of hydrogen-bond acceptors (Lipinski definition) is 0. The van der Waals surface area contributed by atoms with Gasteiger partial charge >= 0.3 is 0 Å². The summed E-state index contributed by atoms with van der Waals surface area (Å²) in [5, 5.41) is 0. The highest BCUT2D eigenvalue weighted by Gasteiger charge is 2.60. The standard InChI is InChI=1S/C28H39F/c1-3-5-7-15-26-17-20-27(21-18-26,22-19-26)28(29)16-8-6-10-25(28)24-13-11-23(9-4-2)12-14-24/h6,8,10-14,16,25H,3-5,7,9,15,17-22H2,1-2H3. The number of halogens is 1. The highest BCUT2D eigenvalue weighted by atomic mass is 19.1. The van der Waals surface area contributed by atoms with Crippen LogP contribution in [0.3, 0.4) is 0 Å². The Morgan fingerprint density at radius 3 is 2.17 bits per heavy atom. The molecule has 0 radical (unpaired) electrons. The van der Waals surface area contributed by atoms with Crippen LogP contribution >= 0.6 is 0 Å². The van der Waals surface area contributed by atoms with Crippen molar-refractivity contribution in [3.8, 4) is 0 Å². The molecule has 1 aromatic rings. The largest absolute Gasteiger partial charge is 0.238 e. The van der Waals surface area contributed by atoms with Crippen LogP contribution in [0.4, 0.5) is 4.39 Å². The van der Waals surface area contributed by atoms with E-state index in [0.29, 0.717) is 5.41 Å². The van der Waals surface area contributed by atoms with E-state index in [4.69, 9.17) is 0 Å². The average molecular weight is 395 g/mol.